The van der Waals surface area contributed by atoms with Gasteiger partial charge in [-0.2, -0.15) is 0 Å². The van der Waals surface area contributed by atoms with E-state index in [1.165, 1.54) is 0 Å². The summed E-state index contributed by atoms with van der Waals surface area (Å²) >= 11 is 0. The number of carboxylic acid groups (broad SMARTS) is 1. The van der Waals surface area contributed by atoms with Crippen LogP contribution in [0.5, 0.6) is 11.5 Å². The number of aliphatic carboxylic acids is 1. The standard InChI is InChI=1S/C28H30O8/c1-28(2,18-8-12-20(13-9-18)34-16-17-6-4-3-5-7-17)19-10-14-21(15-11-19)35-27-24(31)22(29)23(30)25(36-27)26(32)33/h3-15,22-25,27,29-31H,16H2,1-2H3,(H,32,33)/t22-,23-,24+,25-,27+/m0/s1. The van der Waals surface area contributed by atoms with Gasteiger partial charge in [0.15, 0.2) is 6.10 Å². The van der Waals surface area contributed by atoms with E-state index >= 15 is 0 Å². The predicted octanol–water partition coefficient (Wildman–Crippen LogP) is 2.86. The summed E-state index contributed by atoms with van der Waals surface area (Å²) in [5.74, 6) is -0.369. The van der Waals surface area contributed by atoms with Crippen LogP contribution in [0.25, 0.3) is 0 Å². The van der Waals surface area contributed by atoms with E-state index in [2.05, 4.69) is 13.8 Å². The molecule has 1 saturated heterocycles. The fourth-order valence-corrected chi connectivity index (χ4v) is 4.11. The second kappa shape index (κ2) is 10.7. The summed E-state index contributed by atoms with van der Waals surface area (Å²) in [6.45, 7) is 4.67. The molecule has 8 nitrogen and oxygen atoms in total. The molecule has 4 N–H and O–H groups in total. The largest absolute Gasteiger partial charge is 0.489 e. The van der Waals surface area contributed by atoms with Crippen LogP contribution in [-0.2, 0) is 21.6 Å². The van der Waals surface area contributed by atoms with Crippen LogP contribution in [0.15, 0.2) is 78.9 Å². The number of hydrogen-bond donors (Lipinski definition) is 4. The summed E-state index contributed by atoms with van der Waals surface area (Å²) in [6.07, 6.45) is -8.27. The summed E-state index contributed by atoms with van der Waals surface area (Å²) in [4.78, 5) is 11.3. The molecule has 190 valence electrons. The zero-order valence-corrected chi connectivity index (χ0v) is 20.0. The van der Waals surface area contributed by atoms with Gasteiger partial charge in [0.1, 0.15) is 36.4 Å². The first-order valence-corrected chi connectivity index (χ1v) is 11.6. The Kier molecular flexibility index (Phi) is 7.61. The van der Waals surface area contributed by atoms with Crippen LogP contribution >= 0.6 is 0 Å². The van der Waals surface area contributed by atoms with Crippen molar-refractivity contribution in [1.82, 2.24) is 0 Å². The van der Waals surface area contributed by atoms with Gasteiger partial charge in [0, 0.05) is 5.41 Å². The van der Waals surface area contributed by atoms with Gasteiger partial charge >= 0.3 is 5.97 Å². The Balaban J connectivity index is 1.41. The minimum atomic E-state index is -1.77. The highest BCUT2D eigenvalue weighted by atomic mass is 16.7. The zero-order chi connectivity index (χ0) is 25.9. The summed E-state index contributed by atoms with van der Waals surface area (Å²) < 4.78 is 16.7. The number of carbonyl (C=O) groups is 1. The SMILES string of the molecule is CC(C)(c1ccc(OCc2ccccc2)cc1)c1ccc(O[C@@H]2O[C@H](C(=O)O)[C@@H](O)[C@H](O)[C@H]2O)cc1. The van der Waals surface area contributed by atoms with Gasteiger partial charge in [-0.05, 0) is 41.0 Å². The molecule has 0 aliphatic carbocycles. The summed E-state index contributed by atoms with van der Waals surface area (Å²) in [7, 11) is 0. The minimum Gasteiger partial charge on any atom is -0.489 e. The van der Waals surface area contributed by atoms with E-state index in [1.807, 2.05) is 66.7 Å². The van der Waals surface area contributed by atoms with Gasteiger partial charge in [0.25, 0.3) is 0 Å². The molecule has 0 radical (unpaired) electrons. The average Bonchev–Trinajstić information content (AvgIpc) is 2.88. The average molecular weight is 495 g/mol. The van der Waals surface area contributed by atoms with Crippen LogP contribution in [-0.4, -0.2) is 57.1 Å². The molecule has 8 heteroatoms. The topological polar surface area (TPSA) is 126 Å². The molecule has 5 atom stereocenters. The number of rotatable bonds is 8. The normalized spacial score (nSPS) is 24.2. The molecular formula is C28H30O8. The molecule has 4 rings (SSSR count). The van der Waals surface area contributed by atoms with Crippen molar-refractivity contribution in [3.8, 4) is 11.5 Å². The Morgan fingerprint density at radius 3 is 1.92 bits per heavy atom. The molecular weight excluding hydrogens is 464 g/mol. The number of aliphatic hydroxyl groups excluding tert-OH is 3. The monoisotopic (exact) mass is 494 g/mol. The number of carboxylic acids is 1. The first kappa shape index (κ1) is 25.7. The zero-order valence-electron chi connectivity index (χ0n) is 20.0. The lowest BCUT2D eigenvalue weighted by Gasteiger charge is -2.38. The lowest BCUT2D eigenvalue weighted by Crippen LogP contribution is -2.61. The van der Waals surface area contributed by atoms with Gasteiger partial charge in [-0.1, -0.05) is 68.4 Å². The lowest BCUT2D eigenvalue weighted by atomic mass is 9.78. The fourth-order valence-electron chi connectivity index (χ4n) is 4.11. The van der Waals surface area contributed by atoms with Gasteiger partial charge in [0.2, 0.25) is 6.29 Å². The van der Waals surface area contributed by atoms with E-state index in [9.17, 15) is 25.2 Å². The quantitative estimate of drug-likeness (QED) is 0.377. The van der Waals surface area contributed by atoms with Gasteiger partial charge < -0.3 is 34.6 Å². The molecule has 3 aromatic carbocycles. The summed E-state index contributed by atoms with van der Waals surface area (Å²) in [6, 6.07) is 25.0. The first-order valence-electron chi connectivity index (χ1n) is 11.6. The molecule has 1 fully saturated rings. The highest BCUT2D eigenvalue weighted by molar-refractivity contribution is 5.73. The Bertz CT molecular complexity index is 1140. The van der Waals surface area contributed by atoms with Crippen molar-refractivity contribution in [3.63, 3.8) is 0 Å². The maximum absolute atomic E-state index is 11.3. The van der Waals surface area contributed by atoms with Crippen LogP contribution in [0.2, 0.25) is 0 Å². The second-order valence-electron chi connectivity index (χ2n) is 9.30. The number of ether oxygens (including phenoxy) is 3. The molecule has 1 aliphatic heterocycles. The first-order chi connectivity index (χ1) is 17.2. The number of benzene rings is 3. The van der Waals surface area contributed by atoms with E-state index < -0.39 is 36.7 Å². The summed E-state index contributed by atoms with van der Waals surface area (Å²) in [5, 5.41) is 39.1. The van der Waals surface area contributed by atoms with Crippen molar-refractivity contribution < 1.29 is 39.4 Å². The molecule has 36 heavy (non-hydrogen) atoms. The Morgan fingerprint density at radius 2 is 1.36 bits per heavy atom. The third-order valence-electron chi connectivity index (χ3n) is 6.47. The van der Waals surface area contributed by atoms with Crippen molar-refractivity contribution in [3.05, 3.63) is 95.6 Å². The molecule has 1 heterocycles. The molecule has 0 bridgehead atoms. The van der Waals surface area contributed by atoms with Gasteiger partial charge in [-0.3, -0.25) is 0 Å². The lowest BCUT2D eigenvalue weighted by molar-refractivity contribution is -0.271. The van der Waals surface area contributed by atoms with Gasteiger partial charge in [-0.15, -0.1) is 0 Å². The molecule has 0 amide bonds. The van der Waals surface area contributed by atoms with Crippen molar-refractivity contribution in [2.24, 2.45) is 0 Å². The summed E-state index contributed by atoms with van der Waals surface area (Å²) in [5.41, 5.74) is 2.83. The molecule has 1 aliphatic rings. The van der Waals surface area contributed by atoms with Crippen molar-refractivity contribution in [2.75, 3.05) is 0 Å². The van der Waals surface area contributed by atoms with Gasteiger partial charge in [0.05, 0.1) is 0 Å². The highest BCUT2D eigenvalue weighted by Gasteiger charge is 2.48. The Labute approximate surface area is 209 Å². The maximum Gasteiger partial charge on any atom is 0.335 e. The van der Waals surface area contributed by atoms with E-state index in [0.29, 0.717) is 12.4 Å². The van der Waals surface area contributed by atoms with Crippen molar-refractivity contribution in [2.45, 2.75) is 56.6 Å². The van der Waals surface area contributed by atoms with Crippen LogP contribution in [0.1, 0.15) is 30.5 Å². The maximum atomic E-state index is 11.3. The Morgan fingerprint density at radius 1 is 0.806 bits per heavy atom. The third-order valence-corrected chi connectivity index (χ3v) is 6.47. The molecule has 0 saturated carbocycles. The molecule has 0 spiro atoms. The number of aliphatic hydroxyl groups is 3. The third kappa shape index (κ3) is 5.52. The highest BCUT2D eigenvalue weighted by Crippen LogP contribution is 2.34. The smallest absolute Gasteiger partial charge is 0.335 e. The van der Waals surface area contributed by atoms with Gasteiger partial charge in [-0.25, -0.2) is 4.79 Å². The second-order valence-corrected chi connectivity index (χ2v) is 9.30. The van der Waals surface area contributed by atoms with E-state index in [4.69, 9.17) is 14.2 Å². The molecule has 0 aromatic heterocycles. The van der Waals surface area contributed by atoms with Crippen molar-refractivity contribution >= 4 is 5.97 Å². The van der Waals surface area contributed by atoms with E-state index in [0.717, 1.165) is 22.4 Å². The van der Waals surface area contributed by atoms with Crippen LogP contribution < -0.4 is 9.47 Å². The van der Waals surface area contributed by atoms with Crippen LogP contribution in [0.4, 0.5) is 0 Å². The molecule has 0 unspecified atom stereocenters. The fraction of sp³-hybridized carbons (Fsp3) is 0.321. The van der Waals surface area contributed by atoms with E-state index in [-0.39, 0.29) is 5.41 Å². The Hall–Kier alpha value is -3.43. The predicted molar refractivity (Wildman–Crippen MR) is 131 cm³/mol. The van der Waals surface area contributed by atoms with E-state index in [1.54, 1.807) is 12.1 Å². The van der Waals surface area contributed by atoms with Crippen LogP contribution in [0.3, 0.4) is 0 Å². The number of hydrogen-bond acceptors (Lipinski definition) is 7. The molecule has 3 aromatic rings. The minimum absolute atomic E-state index is 0.316. The van der Waals surface area contributed by atoms with Crippen LogP contribution in [0, 0.1) is 0 Å². The van der Waals surface area contributed by atoms with Crippen molar-refractivity contribution in [1.29, 1.82) is 0 Å².